The number of hydrogen-bond acceptors (Lipinski definition) is 4. The van der Waals surface area contributed by atoms with E-state index < -0.39 is 11.3 Å². The average molecular weight is 378 g/mol. The lowest BCUT2D eigenvalue weighted by Gasteiger charge is -2.18. The van der Waals surface area contributed by atoms with Gasteiger partial charge in [-0.1, -0.05) is 31.0 Å². The lowest BCUT2D eigenvalue weighted by Crippen LogP contribution is -2.14. The van der Waals surface area contributed by atoms with Gasteiger partial charge in [-0.25, -0.2) is 0 Å². The minimum Gasteiger partial charge on any atom is -0.505 e. The Morgan fingerprint density at radius 1 is 1.12 bits per heavy atom. The number of aryl methyl sites for hydroxylation is 4. The normalized spacial score (nSPS) is 11.9. The van der Waals surface area contributed by atoms with Crippen LogP contribution in [0.1, 0.15) is 41.2 Å². The summed E-state index contributed by atoms with van der Waals surface area (Å²) in [5.41, 5.74) is 4.74. The quantitative estimate of drug-likeness (QED) is 0.689. The number of hydrogen-bond donors (Lipinski definition) is 2. The summed E-state index contributed by atoms with van der Waals surface area (Å²) in [5.74, 6) is 1.29. The summed E-state index contributed by atoms with van der Waals surface area (Å²) in [6.45, 7) is 9.67. The van der Waals surface area contributed by atoms with Gasteiger partial charge >= 0.3 is 11.3 Å². The largest absolute Gasteiger partial charge is 0.505 e. The van der Waals surface area contributed by atoms with Gasteiger partial charge in [0.2, 0.25) is 0 Å². The van der Waals surface area contributed by atoms with Gasteiger partial charge in [0, 0.05) is 5.56 Å². The summed E-state index contributed by atoms with van der Waals surface area (Å²) in [5, 5.41) is 10.6. The molecule has 0 amide bonds. The molecule has 0 saturated carbocycles. The number of benzene rings is 2. The standard InChI is InChI=1S/C20H27NO4S/c1-7-8-16-11-17(24-6)15(5)18(19(16)22)21-26(23)25-20-13(3)9-12(2)10-14(20)4/h9-11,21-22H,7-8H2,1-6H3. The molecule has 142 valence electrons. The maximum absolute atomic E-state index is 12.6. The molecule has 0 saturated heterocycles. The zero-order valence-electron chi connectivity index (χ0n) is 16.2. The van der Waals surface area contributed by atoms with Gasteiger partial charge in [0.05, 0.1) is 12.8 Å². The SMILES string of the molecule is CCCc1cc(OC)c(C)c(NS(=O)Oc2c(C)cc(C)cc2C)c1O. The fourth-order valence-corrected chi connectivity index (χ4v) is 3.94. The molecule has 0 bridgehead atoms. The van der Waals surface area contributed by atoms with Gasteiger partial charge in [0.1, 0.15) is 17.2 Å². The molecule has 2 aromatic carbocycles. The number of ether oxygens (including phenoxy) is 1. The van der Waals surface area contributed by atoms with Crippen LogP contribution in [0.5, 0.6) is 17.2 Å². The zero-order valence-corrected chi connectivity index (χ0v) is 17.0. The Balaban J connectivity index is 2.33. The number of aromatic hydroxyl groups is 1. The molecular weight excluding hydrogens is 350 g/mol. The third-order valence-corrected chi connectivity index (χ3v) is 4.97. The molecule has 0 aromatic heterocycles. The highest BCUT2D eigenvalue weighted by Crippen LogP contribution is 2.38. The second-order valence-electron chi connectivity index (χ2n) is 6.48. The van der Waals surface area contributed by atoms with E-state index in [1.54, 1.807) is 14.0 Å². The van der Waals surface area contributed by atoms with Gasteiger partial charge in [-0.2, -0.15) is 4.21 Å². The highest BCUT2D eigenvalue weighted by molar-refractivity contribution is 7.82. The topological polar surface area (TPSA) is 67.8 Å². The second kappa shape index (κ2) is 8.45. The van der Waals surface area contributed by atoms with Gasteiger partial charge in [-0.3, -0.25) is 4.72 Å². The van der Waals surface area contributed by atoms with E-state index in [4.69, 9.17) is 8.92 Å². The lowest BCUT2D eigenvalue weighted by atomic mass is 10.0. The minimum atomic E-state index is -1.86. The van der Waals surface area contributed by atoms with Crippen LogP contribution in [0.3, 0.4) is 0 Å². The van der Waals surface area contributed by atoms with E-state index in [1.165, 1.54) is 0 Å². The van der Waals surface area contributed by atoms with Gasteiger partial charge in [-0.05, 0) is 56.9 Å². The number of rotatable bonds is 7. The van der Waals surface area contributed by atoms with Gasteiger partial charge in [-0.15, -0.1) is 0 Å². The number of phenols is 1. The van der Waals surface area contributed by atoms with Crippen molar-refractivity contribution < 1.29 is 18.2 Å². The summed E-state index contributed by atoms with van der Waals surface area (Å²) in [6, 6.07) is 5.78. The second-order valence-corrected chi connectivity index (χ2v) is 7.32. The van der Waals surface area contributed by atoms with E-state index in [0.717, 1.165) is 28.7 Å². The van der Waals surface area contributed by atoms with Gasteiger partial charge in [0.15, 0.2) is 0 Å². The molecule has 1 unspecified atom stereocenters. The first-order chi connectivity index (χ1) is 12.3. The fourth-order valence-electron chi connectivity index (χ4n) is 3.07. The number of methoxy groups -OCH3 is 1. The molecule has 0 aliphatic rings. The molecule has 26 heavy (non-hydrogen) atoms. The average Bonchev–Trinajstić information content (AvgIpc) is 2.57. The predicted octanol–water partition coefficient (Wildman–Crippen LogP) is 4.66. The molecule has 0 aliphatic carbocycles. The van der Waals surface area contributed by atoms with Crippen LogP contribution >= 0.6 is 0 Å². The van der Waals surface area contributed by atoms with Crippen LogP contribution in [-0.2, 0) is 17.7 Å². The molecular formula is C20H27NO4S. The highest BCUT2D eigenvalue weighted by Gasteiger charge is 2.18. The minimum absolute atomic E-state index is 0.0828. The Labute approximate surface area is 158 Å². The van der Waals surface area contributed by atoms with Crippen molar-refractivity contribution in [2.24, 2.45) is 0 Å². The third kappa shape index (κ3) is 4.30. The summed E-state index contributed by atoms with van der Waals surface area (Å²) < 4.78 is 26.4. The Bertz CT molecular complexity index is 810. The Morgan fingerprint density at radius 2 is 1.73 bits per heavy atom. The maximum Gasteiger partial charge on any atom is 0.316 e. The molecule has 0 radical (unpaired) electrons. The van der Waals surface area contributed by atoms with Crippen LogP contribution < -0.4 is 13.6 Å². The van der Waals surface area contributed by atoms with E-state index in [-0.39, 0.29) is 5.75 Å². The van der Waals surface area contributed by atoms with Crippen molar-refractivity contribution in [1.29, 1.82) is 0 Å². The van der Waals surface area contributed by atoms with Crippen molar-refractivity contribution in [3.8, 4) is 17.2 Å². The molecule has 0 spiro atoms. The van der Waals surface area contributed by atoms with Crippen LogP contribution in [0.2, 0.25) is 0 Å². The first-order valence-electron chi connectivity index (χ1n) is 8.62. The fraction of sp³-hybridized carbons (Fsp3) is 0.400. The molecule has 5 nitrogen and oxygen atoms in total. The van der Waals surface area contributed by atoms with E-state index >= 15 is 0 Å². The van der Waals surface area contributed by atoms with Gasteiger partial charge < -0.3 is 14.0 Å². The Hall–Kier alpha value is -2.21. The predicted molar refractivity (Wildman–Crippen MR) is 106 cm³/mol. The van der Waals surface area contributed by atoms with Gasteiger partial charge in [0.25, 0.3) is 0 Å². The molecule has 2 aromatic rings. The summed E-state index contributed by atoms with van der Waals surface area (Å²) in [7, 11) is 1.57. The molecule has 1 atom stereocenters. The lowest BCUT2D eigenvalue weighted by molar-refractivity contribution is 0.408. The summed E-state index contributed by atoms with van der Waals surface area (Å²) in [6.07, 6.45) is 1.57. The third-order valence-electron chi connectivity index (χ3n) is 4.28. The summed E-state index contributed by atoms with van der Waals surface area (Å²) in [4.78, 5) is 0. The van der Waals surface area contributed by atoms with E-state index in [0.29, 0.717) is 29.2 Å². The molecule has 0 heterocycles. The molecule has 6 heteroatoms. The van der Waals surface area contributed by atoms with Crippen molar-refractivity contribution in [2.45, 2.75) is 47.5 Å². The Kier molecular flexibility index (Phi) is 6.53. The van der Waals surface area contributed by atoms with Crippen LogP contribution in [0.15, 0.2) is 18.2 Å². The van der Waals surface area contributed by atoms with E-state index in [9.17, 15) is 9.32 Å². The van der Waals surface area contributed by atoms with Crippen molar-refractivity contribution in [3.05, 3.63) is 46.0 Å². The number of anilines is 1. The Morgan fingerprint density at radius 3 is 2.27 bits per heavy atom. The molecule has 2 rings (SSSR count). The monoisotopic (exact) mass is 377 g/mol. The van der Waals surface area contributed by atoms with Crippen LogP contribution in [0, 0.1) is 27.7 Å². The number of phenolic OH excluding ortho intramolecular Hbond substituents is 1. The number of nitrogens with one attached hydrogen (secondary N) is 1. The first-order valence-corrected chi connectivity index (χ1v) is 9.70. The van der Waals surface area contributed by atoms with Crippen molar-refractivity contribution in [1.82, 2.24) is 0 Å². The maximum atomic E-state index is 12.6. The van der Waals surface area contributed by atoms with Crippen LogP contribution in [-0.4, -0.2) is 16.4 Å². The molecule has 0 fully saturated rings. The highest BCUT2D eigenvalue weighted by atomic mass is 32.2. The van der Waals surface area contributed by atoms with Crippen LogP contribution in [0.4, 0.5) is 5.69 Å². The van der Waals surface area contributed by atoms with Crippen LogP contribution in [0.25, 0.3) is 0 Å². The molecule has 2 N–H and O–H groups in total. The van der Waals surface area contributed by atoms with E-state index in [1.807, 2.05) is 45.9 Å². The smallest absolute Gasteiger partial charge is 0.316 e. The summed E-state index contributed by atoms with van der Waals surface area (Å²) >= 11 is -1.86. The zero-order chi connectivity index (χ0) is 19.4. The van der Waals surface area contributed by atoms with Crippen molar-refractivity contribution >= 4 is 17.0 Å². The first kappa shape index (κ1) is 20.1. The van der Waals surface area contributed by atoms with Crippen molar-refractivity contribution in [3.63, 3.8) is 0 Å². The van der Waals surface area contributed by atoms with E-state index in [2.05, 4.69) is 4.72 Å². The molecule has 0 aliphatic heterocycles. The van der Waals surface area contributed by atoms with Crippen molar-refractivity contribution in [2.75, 3.05) is 11.8 Å².